The molecule has 0 spiro atoms. The molecule has 0 radical (unpaired) electrons. The first-order valence-electron chi connectivity index (χ1n) is 9.09. The zero-order chi connectivity index (χ0) is 21.8. The van der Waals surface area contributed by atoms with Crippen molar-refractivity contribution in [3.8, 4) is 5.75 Å². The van der Waals surface area contributed by atoms with Gasteiger partial charge in [-0.2, -0.15) is 5.10 Å². The van der Waals surface area contributed by atoms with Crippen LogP contribution in [0.2, 0.25) is 10.0 Å². The van der Waals surface area contributed by atoms with Crippen molar-refractivity contribution in [2.75, 3.05) is 0 Å². The summed E-state index contributed by atoms with van der Waals surface area (Å²) < 4.78 is 6.26. The van der Waals surface area contributed by atoms with Gasteiger partial charge in [0.05, 0.1) is 16.8 Å². The molecule has 154 valence electrons. The van der Waals surface area contributed by atoms with Gasteiger partial charge in [0.2, 0.25) is 0 Å². The molecule has 4 aromatic rings. The predicted octanol–water partition coefficient (Wildman–Crippen LogP) is 6.19. The summed E-state index contributed by atoms with van der Waals surface area (Å²) >= 11 is 13.5. The molecule has 0 saturated heterocycles. The van der Waals surface area contributed by atoms with Gasteiger partial charge in [0.15, 0.2) is 0 Å². The molecule has 3 aromatic carbocycles. The van der Waals surface area contributed by atoms with Crippen molar-refractivity contribution in [1.82, 2.24) is 5.43 Å². The van der Waals surface area contributed by atoms with Gasteiger partial charge in [0.25, 0.3) is 5.91 Å². The molecule has 4 rings (SSSR count). The molecule has 1 N–H and O–H groups in total. The molecule has 1 heterocycles. The SMILES string of the molecule is O=C(Oc1ccc(/C=N/NC(=O)c2sc3ccccc3c2Cl)cc1)c1cccc(Cl)c1. The van der Waals surface area contributed by atoms with Crippen LogP contribution in [0.1, 0.15) is 25.6 Å². The summed E-state index contributed by atoms with van der Waals surface area (Å²) in [6, 6.07) is 20.8. The van der Waals surface area contributed by atoms with Gasteiger partial charge in [-0.1, -0.05) is 47.5 Å². The Kier molecular flexibility index (Phi) is 6.32. The number of hydrogen-bond donors (Lipinski definition) is 1. The van der Waals surface area contributed by atoms with E-state index in [1.54, 1.807) is 42.5 Å². The average Bonchev–Trinajstić information content (AvgIpc) is 3.12. The summed E-state index contributed by atoms with van der Waals surface area (Å²) in [7, 11) is 0. The lowest BCUT2D eigenvalue weighted by Gasteiger charge is -2.05. The summed E-state index contributed by atoms with van der Waals surface area (Å²) in [6.07, 6.45) is 1.49. The monoisotopic (exact) mass is 468 g/mol. The molecule has 1 aromatic heterocycles. The number of ether oxygens (including phenoxy) is 1. The molecule has 0 atom stereocenters. The van der Waals surface area contributed by atoms with Crippen molar-refractivity contribution in [3.05, 3.63) is 98.8 Å². The van der Waals surface area contributed by atoms with E-state index in [2.05, 4.69) is 10.5 Å². The molecule has 5 nitrogen and oxygen atoms in total. The normalized spacial score (nSPS) is 11.0. The Balaban J connectivity index is 1.37. The lowest BCUT2D eigenvalue weighted by molar-refractivity contribution is 0.0734. The van der Waals surface area contributed by atoms with Crippen LogP contribution in [0.5, 0.6) is 5.75 Å². The molecule has 0 unspecified atom stereocenters. The number of hydrogen-bond acceptors (Lipinski definition) is 5. The van der Waals surface area contributed by atoms with Gasteiger partial charge < -0.3 is 4.74 Å². The number of carbonyl (C=O) groups is 2. The number of benzene rings is 3. The first-order chi connectivity index (χ1) is 15.0. The number of carbonyl (C=O) groups excluding carboxylic acids is 2. The van der Waals surface area contributed by atoms with E-state index in [9.17, 15) is 9.59 Å². The Morgan fingerprint density at radius 2 is 1.74 bits per heavy atom. The van der Waals surface area contributed by atoms with Gasteiger partial charge in [-0.05, 0) is 54.1 Å². The highest BCUT2D eigenvalue weighted by Crippen LogP contribution is 2.34. The van der Waals surface area contributed by atoms with Gasteiger partial charge in [0.1, 0.15) is 10.6 Å². The van der Waals surface area contributed by atoms with Gasteiger partial charge >= 0.3 is 5.97 Å². The minimum Gasteiger partial charge on any atom is -0.423 e. The number of halogens is 2. The standard InChI is InChI=1S/C23H14Cl2N2O3S/c24-16-5-3-4-15(12-16)23(29)30-17-10-8-14(9-11-17)13-26-27-22(28)21-20(25)18-6-1-2-7-19(18)31-21/h1-13H,(H,27,28)/b26-13+. The maximum Gasteiger partial charge on any atom is 0.343 e. The van der Waals surface area contributed by atoms with E-state index in [-0.39, 0.29) is 5.91 Å². The number of hydrazone groups is 1. The van der Waals surface area contributed by atoms with E-state index in [1.165, 1.54) is 23.6 Å². The van der Waals surface area contributed by atoms with Crippen molar-refractivity contribution in [3.63, 3.8) is 0 Å². The molecule has 8 heteroatoms. The Bertz CT molecular complexity index is 1300. The highest BCUT2D eigenvalue weighted by molar-refractivity contribution is 7.21. The Morgan fingerprint density at radius 1 is 0.968 bits per heavy atom. The van der Waals surface area contributed by atoms with E-state index in [0.717, 1.165) is 10.1 Å². The maximum atomic E-state index is 12.4. The second-order valence-electron chi connectivity index (χ2n) is 6.41. The van der Waals surface area contributed by atoms with Gasteiger partial charge in [0, 0.05) is 15.1 Å². The topological polar surface area (TPSA) is 67.8 Å². The van der Waals surface area contributed by atoms with Crippen LogP contribution in [-0.2, 0) is 0 Å². The third kappa shape index (κ3) is 4.94. The molecule has 0 saturated carbocycles. The van der Waals surface area contributed by atoms with E-state index >= 15 is 0 Å². The molecular weight excluding hydrogens is 455 g/mol. The smallest absolute Gasteiger partial charge is 0.343 e. The summed E-state index contributed by atoms with van der Waals surface area (Å²) in [5.74, 6) is -0.505. The molecule has 0 aliphatic heterocycles. The van der Waals surface area contributed by atoms with Crippen LogP contribution in [0, 0.1) is 0 Å². The maximum absolute atomic E-state index is 12.4. The quantitative estimate of drug-likeness (QED) is 0.164. The van der Waals surface area contributed by atoms with Crippen molar-refractivity contribution >= 4 is 62.7 Å². The van der Waals surface area contributed by atoms with Crippen LogP contribution in [0.25, 0.3) is 10.1 Å². The third-order valence-corrected chi connectivity index (χ3v) is 6.18. The first-order valence-corrected chi connectivity index (χ1v) is 10.7. The number of nitrogens with zero attached hydrogens (tertiary/aromatic N) is 1. The lowest BCUT2D eigenvalue weighted by Crippen LogP contribution is -2.16. The van der Waals surface area contributed by atoms with Crippen molar-refractivity contribution in [1.29, 1.82) is 0 Å². The number of fused-ring (bicyclic) bond motifs is 1. The Hall–Kier alpha value is -3.19. The van der Waals surface area contributed by atoms with Crippen LogP contribution < -0.4 is 10.2 Å². The lowest BCUT2D eigenvalue weighted by atomic mass is 10.2. The van der Waals surface area contributed by atoms with Crippen molar-refractivity contribution in [2.24, 2.45) is 5.10 Å². The Labute approximate surface area is 191 Å². The summed E-state index contributed by atoms with van der Waals surface area (Å²) in [6.45, 7) is 0. The molecule has 0 aliphatic carbocycles. The molecular formula is C23H14Cl2N2O3S. The highest BCUT2D eigenvalue weighted by Gasteiger charge is 2.16. The predicted molar refractivity (Wildman–Crippen MR) is 125 cm³/mol. The van der Waals surface area contributed by atoms with Crippen LogP contribution >= 0.6 is 34.5 Å². The fourth-order valence-electron chi connectivity index (χ4n) is 2.78. The van der Waals surface area contributed by atoms with Crippen LogP contribution in [0.15, 0.2) is 77.9 Å². The largest absolute Gasteiger partial charge is 0.423 e. The zero-order valence-corrected chi connectivity index (χ0v) is 18.2. The molecule has 0 aliphatic rings. The van der Waals surface area contributed by atoms with E-state index in [0.29, 0.717) is 31.8 Å². The number of rotatable bonds is 5. The summed E-state index contributed by atoms with van der Waals surface area (Å²) in [4.78, 5) is 25.0. The fraction of sp³-hybridized carbons (Fsp3) is 0. The van der Waals surface area contributed by atoms with Gasteiger partial charge in [-0.3, -0.25) is 4.79 Å². The van der Waals surface area contributed by atoms with Gasteiger partial charge in [-0.15, -0.1) is 11.3 Å². The van der Waals surface area contributed by atoms with Crippen molar-refractivity contribution in [2.45, 2.75) is 0 Å². The van der Waals surface area contributed by atoms with Gasteiger partial charge in [-0.25, -0.2) is 10.2 Å². The second kappa shape index (κ2) is 9.31. The van der Waals surface area contributed by atoms with E-state index in [1.807, 2.05) is 24.3 Å². The Morgan fingerprint density at radius 3 is 2.48 bits per heavy atom. The molecule has 0 fully saturated rings. The minimum atomic E-state index is -0.503. The molecule has 1 amide bonds. The molecule has 0 bridgehead atoms. The highest BCUT2D eigenvalue weighted by atomic mass is 35.5. The van der Waals surface area contributed by atoms with E-state index in [4.69, 9.17) is 27.9 Å². The van der Waals surface area contributed by atoms with Crippen molar-refractivity contribution < 1.29 is 14.3 Å². The summed E-state index contributed by atoms with van der Waals surface area (Å²) in [5.41, 5.74) is 3.56. The van der Waals surface area contributed by atoms with Crippen LogP contribution in [-0.4, -0.2) is 18.1 Å². The number of thiophene rings is 1. The summed E-state index contributed by atoms with van der Waals surface area (Å²) in [5, 5.41) is 5.69. The number of amides is 1. The third-order valence-electron chi connectivity index (χ3n) is 4.27. The average molecular weight is 469 g/mol. The van der Waals surface area contributed by atoms with E-state index < -0.39 is 5.97 Å². The van der Waals surface area contributed by atoms with Crippen LogP contribution in [0.4, 0.5) is 0 Å². The first kappa shape index (κ1) is 21.1. The van der Waals surface area contributed by atoms with Crippen LogP contribution in [0.3, 0.4) is 0 Å². The molecule has 31 heavy (non-hydrogen) atoms. The second-order valence-corrected chi connectivity index (χ2v) is 8.28. The number of nitrogens with one attached hydrogen (secondary N) is 1. The number of esters is 1. The fourth-order valence-corrected chi connectivity index (χ4v) is 4.38. The minimum absolute atomic E-state index is 0.362. The zero-order valence-electron chi connectivity index (χ0n) is 15.8.